The number of rotatable bonds is 5. The molecule has 0 saturated carbocycles. The first-order valence-corrected chi connectivity index (χ1v) is 7.66. The number of ether oxygens (including phenoxy) is 3. The van der Waals surface area contributed by atoms with Gasteiger partial charge in [0, 0.05) is 11.8 Å². The smallest absolute Gasteiger partial charge is 0.203 e. The molecule has 0 spiro atoms. The van der Waals surface area contributed by atoms with Crippen molar-refractivity contribution in [3.05, 3.63) is 59.7 Å². The lowest BCUT2D eigenvalue weighted by molar-refractivity contribution is 0.324. The zero-order valence-corrected chi connectivity index (χ0v) is 14.0. The highest BCUT2D eigenvalue weighted by atomic mass is 16.5. The first kappa shape index (κ1) is 16.0. The van der Waals surface area contributed by atoms with E-state index in [4.69, 9.17) is 14.2 Å². The fraction of sp³-hybridized carbons (Fsp3) is 0.200. The van der Waals surface area contributed by atoms with Gasteiger partial charge in [-0.2, -0.15) is 0 Å². The highest BCUT2D eigenvalue weighted by Gasteiger charge is 2.15. The quantitative estimate of drug-likeness (QED) is 0.765. The largest absolute Gasteiger partial charge is 0.507 e. The minimum atomic E-state index is 0.307. The lowest BCUT2D eigenvalue weighted by Gasteiger charge is -2.15. The van der Waals surface area contributed by atoms with Crippen molar-refractivity contribution < 1.29 is 19.3 Å². The van der Waals surface area contributed by atoms with Crippen LogP contribution >= 0.6 is 0 Å². The van der Waals surface area contributed by atoms with E-state index in [0.29, 0.717) is 29.4 Å². The van der Waals surface area contributed by atoms with E-state index in [0.717, 1.165) is 21.9 Å². The highest BCUT2D eigenvalue weighted by molar-refractivity contribution is 5.89. The zero-order valence-electron chi connectivity index (χ0n) is 14.0. The van der Waals surface area contributed by atoms with E-state index in [1.807, 2.05) is 48.5 Å². The maximum Gasteiger partial charge on any atom is 0.203 e. The summed E-state index contributed by atoms with van der Waals surface area (Å²) in [5, 5.41) is 12.4. The molecule has 0 aliphatic carbocycles. The molecular formula is C20H20O4. The van der Waals surface area contributed by atoms with E-state index in [1.165, 1.54) is 0 Å². The average molecular weight is 324 g/mol. The summed E-state index contributed by atoms with van der Waals surface area (Å²) in [7, 11) is 4.76. The summed E-state index contributed by atoms with van der Waals surface area (Å²) in [6, 6.07) is 15.5. The molecule has 0 aliphatic heterocycles. The number of hydrogen-bond donors (Lipinski definition) is 1. The molecule has 4 nitrogen and oxygen atoms in total. The van der Waals surface area contributed by atoms with Crippen LogP contribution in [-0.4, -0.2) is 26.4 Å². The minimum absolute atomic E-state index is 0.307. The second-order valence-electron chi connectivity index (χ2n) is 5.50. The number of fused-ring (bicyclic) bond motifs is 1. The van der Waals surface area contributed by atoms with E-state index in [9.17, 15) is 5.11 Å². The van der Waals surface area contributed by atoms with Crippen molar-refractivity contribution in [3.8, 4) is 23.0 Å². The summed E-state index contributed by atoms with van der Waals surface area (Å²) in [6.07, 6.45) is 0.563. The van der Waals surface area contributed by atoms with Gasteiger partial charge in [-0.25, -0.2) is 0 Å². The Labute approximate surface area is 141 Å². The molecule has 0 bridgehead atoms. The van der Waals surface area contributed by atoms with Crippen LogP contribution in [-0.2, 0) is 6.42 Å². The molecule has 0 saturated heterocycles. The second-order valence-corrected chi connectivity index (χ2v) is 5.50. The van der Waals surface area contributed by atoms with Crippen molar-refractivity contribution in [1.29, 1.82) is 0 Å². The number of benzene rings is 3. The Bertz CT molecular complexity index is 846. The van der Waals surface area contributed by atoms with Crippen molar-refractivity contribution in [2.24, 2.45) is 0 Å². The maximum absolute atomic E-state index is 10.6. The Morgan fingerprint density at radius 1 is 0.833 bits per heavy atom. The molecule has 1 N–H and O–H groups in total. The van der Waals surface area contributed by atoms with Gasteiger partial charge in [-0.15, -0.1) is 0 Å². The third-order valence-electron chi connectivity index (χ3n) is 4.10. The van der Waals surface area contributed by atoms with Crippen molar-refractivity contribution >= 4 is 10.8 Å². The summed E-state index contributed by atoms with van der Waals surface area (Å²) in [5.74, 6) is 2.08. The molecule has 3 aromatic rings. The first-order valence-electron chi connectivity index (χ1n) is 7.66. The van der Waals surface area contributed by atoms with Crippen LogP contribution in [0.25, 0.3) is 10.8 Å². The molecule has 0 unspecified atom stereocenters. The van der Waals surface area contributed by atoms with Crippen molar-refractivity contribution in [1.82, 2.24) is 0 Å². The van der Waals surface area contributed by atoms with E-state index in [-0.39, 0.29) is 0 Å². The van der Waals surface area contributed by atoms with Gasteiger partial charge in [0.05, 0.1) is 21.3 Å². The molecule has 0 radical (unpaired) electrons. The lowest BCUT2D eigenvalue weighted by atomic mass is 9.99. The molecule has 0 fully saturated rings. The van der Waals surface area contributed by atoms with Gasteiger partial charge in [0.1, 0.15) is 5.75 Å². The predicted molar refractivity (Wildman–Crippen MR) is 94.5 cm³/mol. The van der Waals surface area contributed by atoms with Crippen LogP contribution in [0.4, 0.5) is 0 Å². The number of aromatic hydroxyl groups is 1. The molecule has 0 atom stereocenters. The van der Waals surface area contributed by atoms with E-state index in [1.54, 1.807) is 21.3 Å². The summed E-state index contributed by atoms with van der Waals surface area (Å²) in [6.45, 7) is 0. The number of hydrogen-bond acceptors (Lipinski definition) is 4. The standard InChI is InChI=1S/C20H20O4/c1-22-17-11-13(12-18(23-2)20(17)24-3)10-15-9-8-14-6-4-5-7-16(14)19(15)21/h4-9,11-12,21H,10H2,1-3H3. The van der Waals surface area contributed by atoms with Crippen LogP contribution in [0, 0.1) is 0 Å². The van der Waals surface area contributed by atoms with Gasteiger partial charge in [0.25, 0.3) is 0 Å². The normalized spacial score (nSPS) is 10.6. The molecule has 0 aliphatic rings. The molecule has 3 aromatic carbocycles. The monoisotopic (exact) mass is 324 g/mol. The Hall–Kier alpha value is -2.88. The molecule has 0 amide bonds. The Morgan fingerprint density at radius 2 is 1.50 bits per heavy atom. The lowest BCUT2D eigenvalue weighted by Crippen LogP contribution is -1.98. The van der Waals surface area contributed by atoms with Crippen molar-refractivity contribution in [3.63, 3.8) is 0 Å². The van der Waals surface area contributed by atoms with Crippen LogP contribution in [0.5, 0.6) is 23.0 Å². The molecule has 0 heterocycles. The minimum Gasteiger partial charge on any atom is -0.507 e. The van der Waals surface area contributed by atoms with Gasteiger partial charge >= 0.3 is 0 Å². The molecule has 3 rings (SSSR count). The van der Waals surface area contributed by atoms with Crippen LogP contribution in [0.3, 0.4) is 0 Å². The fourth-order valence-corrected chi connectivity index (χ4v) is 2.90. The average Bonchev–Trinajstić information content (AvgIpc) is 2.63. The first-order chi connectivity index (χ1) is 11.7. The number of methoxy groups -OCH3 is 3. The third kappa shape index (κ3) is 2.83. The molecule has 0 aromatic heterocycles. The maximum atomic E-state index is 10.6. The van der Waals surface area contributed by atoms with Crippen LogP contribution in [0.15, 0.2) is 48.5 Å². The summed E-state index contributed by atoms with van der Waals surface area (Å²) >= 11 is 0. The Balaban J connectivity index is 2.04. The Kier molecular flexibility index (Phi) is 4.47. The van der Waals surface area contributed by atoms with Gasteiger partial charge in [-0.1, -0.05) is 36.4 Å². The number of phenols is 1. The topological polar surface area (TPSA) is 47.9 Å². The van der Waals surface area contributed by atoms with E-state index < -0.39 is 0 Å². The van der Waals surface area contributed by atoms with Crippen molar-refractivity contribution in [2.75, 3.05) is 21.3 Å². The summed E-state index contributed by atoms with van der Waals surface area (Å²) in [4.78, 5) is 0. The predicted octanol–water partition coefficient (Wildman–Crippen LogP) is 4.16. The third-order valence-corrected chi connectivity index (χ3v) is 4.10. The number of phenolic OH excluding ortho intramolecular Hbond substituents is 1. The van der Waals surface area contributed by atoms with Gasteiger partial charge in [0.2, 0.25) is 5.75 Å². The van der Waals surface area contributed by atoms with Gasteiger partial charge in [0.15, 0.2) is 11.5 Å². The highest BCUT2D eigenvalue weighted by Crippen LogP contribution is 2.39. The van der Waals surface area contributed by atoms with Crippen LogP contribution in [0.2, 0.25) is 0 Å². The van der Waals surface area contributed by atoms with Gasteiger partial charge in [-0.3, -0.25) is 0 Å². The van der Waals surface area contributed by atoms with E-state index in [2.05, 4.69) is 0 Å². The van der Waals surface area contributed by atoms with Crippen LogP contribution < -0.4 is 14.2 Å². The molecule has 4 heteroatoms. The summed E-state index contributed by atoms with van der Waals surface area (Å²) < 4.78 is 16.1. The van der Waals surface area contributed by atoms with Crippen LogP contribution in [0.1, 0.15) is 11.1 Å². The fourth-order valence-electron chi connectivity index (χ4n) is 2.90. The van der Waals surface area contributed by atoms with E-state index >= 15 is 0 Å². The van der Waals surface area contributed by atoms with Gasteiger partial charge in [-0.05, 0) is 28.6 Å². The summed E-state index contributed by atoms with van der Waals surface area (Å²) in [5.41, 5.74) is 1.82. The molecule has 24 heavy (non-hydrogen) atoms. The Morgan fingerprint density at radius 3 is 2.12 bits per heavy atom. The van der Waals surface area contributed by atoms with Gasteiger partial charge < -0.3 is 19.3 Å². The molecule has 124 valence electrons. The van der Waals surface area contributed by atoms with Crippen molar-refractivity contribution in [2.45, 2.75) is 6.42 Å². The second kappa shape index (κ2) is 6.71. The molecular weight excluding hydrogens is 304 g/mol. The SMILES string of the molecule is COc1cc(Cc2ccc3ccccc3c2O)cc(OC)c1OC. The zero-order chi connectivity index (χ0) is 17.1.